The van der Waals surface area contributed by atoms with Gasteiger partial charge in [0.2, 0.25) is 0 Å². The van der Waals surface area contributed by atoms with Gasteiger partial charge in [0, 0.05) is 34.6 Å². The van der Waals surface area contributed by atoms with Gasteiger partial charge in [0.05, 0.1) is 11.0 Å². The smallest absolute Gasteiger partial charge is 0.132 e. The van der Waals surface area contributed by atoms with Crippen LogP contribution in [-0.2, 0) is 12.8 Å². The molecule has 0 amide bonds. The molecule has 2 aromatic carbocycles. The molecule has 0 saturated carbocycles. The van der Waals surface area contributed by atoms with Crippen molar-refractivity contribution in [1.82, 2.24) is 9.97 Å². The Kier molecular flexibility index (Phi) is 4.80. The van der Waals surface area contributed by atoms with Crippen molar-refractivity contribution in [1.29, 1.82) is 0 Å². The summed E-state index contributed by atoms with van der Waals surface area (Å²) in [5, 5.41) is 1.45. The molecule has 2 aromatic heterocycles. The normalized spacial score (nSPS) is 11.6. The number of aryl methyl sites for hydroxylation is 1. The first kappa shape index (κ1) is 18.5. The summed E-state index contributed by atoms with van der Waals surface area (Å²) in [6.45, 7) is 5.97. The summed E-state index contributed by atoms with van der Waals surface area (Å²) in [6, 6.07) is 12.2. The highest BCUT2D eigenvalue weighted by Crippen LogP contribution is 2.29. The van der Waals surface area contributed by atoms with Crippen molar-refractivity contribution in [2.75, 3.05) is 0 Å². The van der Waals surface area contributed by atoms with Crippen molar-refractivity contribution < 1.29 is 8.78 Å². The highest BCUT2D eigenvalue weighted by atomic mass is 19.1. The molecule has 0 aliphatic heterocycles. The van der Waals surface area contributed by atoms with E-state index in [-0.39, 0.29) is 17.6 Å². The molecule has 2 nitrogen and oxygen atoms in total. The van der Waals surface area contributed by atoms with Crippen molar-refractivity contribution in [3.8, 4) is 0 Å². The van der Waals surface area contributed by atoms with E-state index in [4.69, 9.17) is 4.98 Å². The number of nitrogens with zero attached hydrogens (tertiary/aromatic N) is 2. The highest BCUT2D eigenvalue weighted by molar-refractivity contribution is 5.84. The zero-order valence-corrected chi connectivity index (χ0v) is 16.3. The lowest BCUT2D eigenvalue weighted by Gasteiger charge is -2.14. The van der Waals surface area contributed by atoms with Crippen LogP contribution in [-0.4, -0.2) is 9.97 Å². The fourth-order valence-electron chi connectivity index (χ4n) is 3.93. The molecule has 28 heavy (non-hydrogen) atoms. The molecule has 4 aromatic rings. The average Bonchev–Trinajstić information content (AvgIpc) is 2.68. The topological polar surface area (TPSA) is 25.8 Å². The first-order valence-corrected chi connectivity index (χ1v) is 9.62. The number of halogens is 2. The molecule has 0 N–H and O–H groups in total. The fourth-order valence-corrected chi connectivity index (χ4v) is 3.93. The molecule has 0 saturated heterocycles. The van der Waals surface area contributed by atoms with E-state index in [9.17, 15) is 8.78 Å². The van der Waals surface area contributed by atoms with Crippen molar-refractivity contribution in [3.05, 3.63) is 82.7 Å². The van der Waals surface area contributed by atoms with Crippen molar-refractivity contribution in [3.63, 3.8) is 0 Å². The predicted octanol–water partition coefficient (Wildman–Crippen LogP) is 6.34. The first-order valence-electron chi connectivity index (χ1n) is 9.62. The monoisotopic (exact) mass is 376 g/mol. The Hall–Kier alpha value is -2.88. The fraction of sp³-hybridized carbons (Fsp3) is 0.250. The number of hydrogen-bond acceptors (Lipinski definition) is 2. The Morgan fingerprint density at radius 1 is 0.964 bits per heavy atom. The molecule has 2 heterocycles. The quantitative estimate of drug-likeness (QED) is 0.415. The summed E-state index contributed by atoms with van der Waals surface area (Å²) in [5.74, 6) is -0.479. The summed E-state index contributed by atoms with van der Waals surface area (Å²) in [5.41, 5.74) is 4.72. The number of benzene rings is 2. The SMILES string of the molecule is CCc1c(Cc2ccc3ccc(F)c(C(C)C)c3n2)cc(F)c2cccnc12. The minimum Gasteiger partial charge on any atom is -0.256 e. The van der Waals surface area contributed by atoms with E-state index in [1.807, 2.05) is 32.9 Å². The minimum absolute atomic E-state index is 0.0277. The van der Waals surface area contributed by atoms with Crippen molar-refractivity contribution in [2.45, 2.75) is 39.5 Å². The second-order valence-electron chi connectivity index (χ2n) is 7.42. The summed E-state index contributed by atoms with van der Waals surface area (Å²) >= 11 is 0. The Morgan fingerprint density at radius 2 is 1.75 bits per heavy atom. The van der Waals surface area contributed by atoms with E-state index in [1.54, 1.807) is 30.5 Å². The molecule has 0 radical (unpaired) electrons. The van der Waals surface area contributed by atoms with Gasteiger partial charge >= 0.3 is 0 Å². The van der Waals surface area contributed by atoms with Gasteiger partial charge in [-0.2, -0.15) is 0 Å². The second-order valence-corrected chi connectivity index (χ2v) is 7.42. The maximum absolute atomic E-state index is 14.6. The van der Waals surface area contributed by atoms with E-state index < -0.39 is 0 Å². The Labute approximate surface area is 163 Å². The maximum atomic E-state index is 14.6. The van der Waals surface area contributed by atoms with E-state index in [2.05, 4.69) is 4.98 Å². The molecular formula is C24H22F2N2. The second kappa shape index (κ2) is 7.27. The van der Waals surface area contributed by atoms with E-state index in [0.717, 1.165) is 28.6 Å². The molecular weight excluding hydrogens is 354 g/mol. The van der Waals surface area contributed by atoms with Crippen LogP contribution in [0, 0.1) is 11.6 Å². The lowest BCUT2D eigenvalue weighted by atomic mass is 9.95. The van der Waals surface area contributed by atoms with Crippen LogP contribution in [0.3, 0.4) is 0 Å². The number of fused-ring (bicyclic) bond motifs is 2. The standard InChI is InChI=1S/C24H22F2N2/c1-4-18-16(13-21(26)19-6-5-11-27-24(18)19)12-17-9-7-15-8-10-20(25)22(14(2)3)23(15)28-17/h5-11,13-14H,4,12H2,1-3H3. The molecule has 0 aliphatic carbocycles. The Balaban J connectivity index is 1.85. The number of hydrogen-bond donors (Lipinski definition) is 0. The van der Waals surface area contributed by atoms with Crippen molar-refractivity contribution >= 4 is 21.8 Å². The zero-order valence-electron chi connectivity index (χ0n) is 16.3. The van der Waals surface area contributed by atoms with E-state index in [0.29, 0.717) is 28.4 Å². The van der Waals surface area contributed by atoms with Crippen LogP contribution < -0.4 is 0 Å². The van der Waals surface area contributed by atoms with Gasteiger partial charge in [0.25, 0.3) is 0 Å². The van der Waals surface area contributed by atoms with E-state index >= 15 is 0 Å². The Morgan fingerprint density at radius 3 is 2.50 bits per heavy atom. The molecule has 0 aliphatic rings. The maximum Gasteiger partial charge on any atom is 0.132 e. The molecule has 4 rings (SSSR count). The lowest BCUT2D eigenvalue weighted by Crippen LogP contribution is -2.03. The third-order valence-electron chi connectivity index (χ3n) is 5.25. The van der Waals surface area contributed by atoms with Crippen molar-refractivity contribution in [2.24, 2.45) is 0 Å². The van der Waals surface area contributed by atoms with Crippen LogP contribution in [0.2, 0.25) is 0 Å². The summed E-state index contributed by atoms with van der Waals surface area (Å²) in [4.78, 5) is 9.16. The van der Waals surface area contributed by atoms with E-state index in [1.165, 1.54) is 6.07 Å². The number of rotatable bonds is 4. The van der Waals surface area contributed by atoms with Gasteiger partial charge in [-0.3, -0.25) is 9.97 Å². The van der Waals surface area contributed by atoms with Gasteiger partial charge in [-0.1, -0.05) is 26.8 Å². The summed E-state index contributed by atoms with van der Waals surface area (Å²) in [7, 11) is 0. The molecule has 0 fully saturated rings. The van der Waals surface area contributed by atoms with Gasteiger partial charge in [-0.05, 0) is 59.9 Å². The van der Waals surface area contributed by atoms with Gasteiger partial charge in [-0.25, -0.2) is 8.78 Å². The van der Waals surface area contributed by atoms with Crippen LogP contribution in [0.25, 0.3) is 21.8 Å². The van der Waals surface area contributed by atoms with Crippen LogP contribution >= 0.6 is 0 Å². The molecule has 0 bridgehead atoms. The van der Waals surface area contributed by atoms with Crippen LogP contribution in [0.4, 0.5) is 8.78 Å². The summed E-state index contributed by atoms with van der Waals surface area (Å²) in [6.07, 6.45) is 2.93. The molecule has 142 valence electrons. The lowest BCUT2D eigenvalue weighted by molar-refractivity contribution is 0.601. The zero-order chi connectivity index (χ0) is 19.8. The molecule has 0 unspecified atom stereocenters. The molecule has 0 atom stereocenters. The predicted molar refractivity (Wildman–Crippen MR) is 110 cm³/mol. The first-order chi connectivity index (χ1) is 13.5. The third-order valence-corrected chi connectivity index (χ3v) is 5.25. The van der Waals surface area contributed by atoms with Gasteiger partial charge in [0.1, 0.15) is 11.6 Å². The minimum atomic E-state index is -0.273. The molecule has 0 spiro atoms. The average molecular weight is 376 g/mol. The number of pyridine rings is 2. The summed E-state index contributed by atoms with van der Waals surface area (Å²) < 4.78 is 29.0. The number of aromatic nitrogens is 2. The van der Waals surface area contributed by atoms with Gasteiger partial charge in [-0.15, -0.1) is 0 Å². The van der Waals surface area contributed by atoms with Crippen LogP contribution in [0.1, 0.15) is 49.1 Å². The van der Waals surface area contributed by atoms with Gasteiger partial charge in [0.15, 0.2) is 0 Å². The highest BCUT2D eigenvalue weighted by Gasteiger charge is 2.16. The van der Waals surface area contributed by atoms with Crippen LogP contribution in [0.5, 0.6) is 0 Å². The largest absolute Gasteiger partial charge is 0.256 e. The third kappa shape index (κ3) is 3.13. The van der Waals surface area contributed by atoms with Crippen LogP contribution in [0.15, 0.2) is 48.7 Å². The molecule has 4 heteroatoms. The Bertz CT molecular complexity index is 1180. The van der Waals surface area contributed by atoms with Gasteiger partial charge < -0.3 is 0 Å².